The van der Waals surface area contributed by atoms with E-state index in [-0.39, 0.29) is 27.6 Å². The summed E-state index contributed by atoms with van der Waals surface area (Å²) in [7, 11) is -3.88. The van der Waals surface area contributed by atoms with Gasteiger partial charge in [-0.3, -0.25) is 5.10 Å². The molecular formula is C13H21N3O4S. The Balaban J connectivity index is 2.35. The summed E-state index contributed by atoms with van der Waals surface area (Å²) in [6.45, 7) is 8.53. The number of carboxylic acid groups (broad SMARTS) is 1. The summed E-state index contributed by atoms with van der Waals surface area (Å²) >= 11 is 0. The van der Waals surface area contributed by atoms with Gasteiger partial charge in [-0.15, -0.1) is 0 Å². The summed E-state index contributed by atoms with van der Waals surface area (Å²) in [6, 6.07) is 0. The first-order chi connectivity index (χ1) is 9.55. The monoisotopic (exact) mass is 315 g/mol. The molecule has 21 heavy (non-hydrogen) atoms. The van der Waals surface area contributed by atoms with Gasteiger partial charge in [0.1, 0.15) is 5.56 Å². The van der Waals surface area contributed by atoms with E-state index >= 15 is 0 Å². The fourth-order valence-corrected chi connectivity index (χ4v) is 4.25. The van der Waals surface area contributed by atoms with Crippen LogP contribution in [0, 0.1) is 18.3 Å². The summed E-state index contributed by atoms with van der Waals surface area (Å²) in [5, 5.41) is 15.0. The van der Waals surface area contributed by atoms with Gasteiger partial charge in [0.05, 0.1) is 0 Å². The predicted octanol–water partition coefficient (Wildman–Crippen LogP) is 1.47. The molecule has 0 aliphatic carbocycles. The smallest absolute Gasteiger partial charge is 0.340 e. The van der Waals surface area contributed by atoms with Crippen LogP contribution in [-0.4, -0.2) is 47.1 Å². The van der Waals surface area contributed by atoms with Crippen molar-refractivity contribution >= 4 is 16.0 Å². The molecule has 1 aliphatic heterocycles. The van der Waals surface area contributed by atoms with Crippen molar-refractivity contribution in [2.45, 2.75) is 39.1 Å². The van der Waals surface area contributed by atoms with E-state index in [0.717, 1.165) is 6.42 Å². The summed E-state index contributed by atoms with van der Waals surface area (Å²) in [4.78, 5) is 11.2. The molecule has 0 aromatic carbocycles. The van der Waals surface area contributed by atoms with Crippen molar-refractivity contribution in [2.75, 3.05) is 13.1 Å². The molecule has 118 valence electrons. The predicted molar refractivity (Wildman–Crippen MR) is 76.6 cm³/mol. The Labute approximate surface area is 124 Å². The largest absolute Gasteiger partial charge is 0.478 e. The molecular weight excluding hydrogens is 294 g/mol. The second-order valence-electron chi connectivity index (χ2n) is 6.55. The van der Waals surface area contributed by atoms with E-state index in [1.807, 2.05) is 0 Å². The third-order valence-electron chi connectivity index (χ3n) is 4.09. The molecule has 1 fully saturated rings. The number of sulfonamides is 1. The van der Waals surface area contributed by atoms with Gasteiger partial charge in [0.2, 0.25) is 5.03 Å². The zero-order valence-corrected chi connectivity index (χ0v) is 13.5. The van der Waals surface area contributed by atoms with Crippen LogP contribution in [-0.2, 0) is 10.0 Å². The molecule has 1 saturated heterocycles. The number of carboxylic acids is 1. The Kier molecular flexibility index (Phi) is 3.88. The first kappa shape index (κ1) is 16.0. The van der Waals surface area contributed by atoms with E-state index in [9.17, 15) is 18.3 Å². The van der Waals surface area contributed by atoms with Gasteiger partial charge in [-0.05, 0) is 24.7 Å². The van der Waals surface area contributed by atoms with Crippen molar-refractivity contribution < 1.29 is 18.3 Å². The second-order valence-corrected chi connectivity index (χ2v) is 8.40. The number of nitrogens with one attached hydrogen (secondary N) is 1. The molecule has 1 aromatic heterocycles. The standard InChI is InChI=1S/C13H21N3O4S/c1-8-10(12(17)18)11(15-14-8)21(19,20)16-6-5-9(7-16)13(2,3)4/h9H,5-7H2,1-4H3,(H,14,15)(H,17,18). The number of H-pyrrole nitrogens is 1. The van der Waals surface area contributed by atoms with Crippen LogP contribution in [0.25, 0.3) is 0 Å². The van der Waals surface area contributed by atoms with E-state index in [0.29, 0.717) is 13.1 Å². The summed E-state index contributed by atoms with van der Waals surface area (Å²) < 4.78 is 26.6. The third-order valence-corrected chi connectivity index (χ3v) is 5.88. The molecule has 8 heteroatoms. The first-order valence-corrected chi connectivity index (χ1v) is 8.27. The lowest BCUT2D eigenvalue weighted by Gasteiger charge is -2.26. The zero-order chi connectivity index (χ0) is 16.0. The minimum Gasteiger partial charge on any atom is -0.478 e. The number of hydrogen-bond donors (Lipinski definition) is 2. The second kappa shape index (κ2) is 5.10. The molecule has 1 aromatic rings. The Hall–Kier alpha value is -1.41. The highest BCUT2D eigenvalue weighted by Crippen LogP contribution is 2.36. The molecule has 0 bridgehead atoms. The lowest BCUT2D eigenvalue weighted by atomic mass is 9.80. The van der Waals surface area contributed by atoms with Crippen molar-refractivity contribution in [1.82, 2.24) is 14.5 Å². The number of aromatic amines is 1. The normalized spacial score (nSPS) is 20.9. The summed E-state index contributed by atoms with van der Waals surface area (Å²) in [5.41, 5.74) is -0.0108. The van der Waals surface area contributed by atoms with Crippen LogP contribution < -0.4 is 0 Å². The van der Waals surface area contributed by atoms with Crippen molar-refractivity contribution in [3.63, 3.8) is 0 Å². The van der Waals surface area contributed by atoms with Crippen LogP contribution in [0.4, 0.5) is 0 Å². The molecule has 0 radical (unpaired) electrons. The van der Waals surface area contributed by atoms with E-state index in [2.05, 4.69) is 31.0 Å². The molecule has 2 rings (SSSR count). The van der Waals surface area contributed by atoms with Gasteiger partial charge in [0.25, 0.3) is 10.0 Å². The molecule has 2 N–H and O–H groups in total. The van der Waals surface area contributed by atoms with Crippen molar-refractivity contribution in [3.05, 3.63) is 11.3 Å². The number of aromatic nitrogens is 2. The number of carbonyl (C=O) groups is 1. The maximum absolute atomic E-state index is 12.6. The van der Waals surface area contributed by atoms with Crippen LogP contribution in [0.1, 0.15) is 43.2 Å². The van der Waals surface area contributed by atoms with Crippen LogP contribution in [0.3, 0.4) is 0 Å². The van der Waals surface area contributed by atoms with E-state index in [1.54, 1.807) is 0 Å². The van der Waals surface area contributed by atoms with Gasteiger partial charge in [-0.2, -0.15) is 9.40 Å². The molecule has 2 heterocycles. The summed E-state index contributed by atoms with van der Waals surface area (Å²) in [6.07, 6.45) is 0.772. The molecule has 7 nitrogen and oxygen atoms in total. The van der Waals surface area contributed by atoms with Crippen LogP contribution in [0.2, 0.25) is 0 Å². The number of hydrogen-bond acceptors (Lipinski definition) is 4. The highest BCUT2D eigenvalue weighted by atomic mass is 32.2. The van der Waals surface area contributed by atoms with Crippen LogP contribution in [0.15, 0.2) is 5.03 Å². The molecule has 1 unspecified atom stereocenters. The highest BCUT2D eigenvalue weighted by molar-refractivity contribution is 7.89. The van der Waals surface area contributed by atoms with Crippen molar-refractivity contribution in [2.24, 2.45) is 11.3 Å². The number of aromatic carboxylic acids is 1. The summed E-state index contributed by atoms with van der Waals surface area (Å²) in [5.74, 6) is -1.04. The van der Waals surface area contributed by atoms with Crippen LogP contribution >= 0.6 is 0 Å². The maximum atomic E-state index is 12.6. The molecule has 0 saturated carbocycles. The van der Waals surface area contributed by atoms with Gasteiger partial charge in [0.15, 0.2) is 0 Å². The lowest BCUT2D eigenvalue weighted by molar-refractivity contribution is 0.0691. The Morgan fingerprint density at radius 1 is 1.43 bits per heavy atom. The SMILES string of the molecule is Cc1[nH]nc(S(=O)(=O)N2CCC(C(C)(C)C)C2)c1C(=O)O. The number of rotatable bonds is 3. The fourth-order valence-electron chi connectivity index (χ4n) is 2.62. The van der Waals surface area contributed by atoms with E-state index in [1.165, 1.54) is 11.2 Å². The minimum atomic E-state index is -3.88. The van der Waals surface area contributed by atoms with E-state index < -0.39 is 16.0 Å². The average molecular weight is 315 g/mol. The van der Waals surface area contributed by atoms with Gasteiger partial charge in [-0.1, -0.05) is 20.8 Å². The Bertz CT molecular complexity index is 657. The van der Waals surface area contributed by atoms with Gasteiger partial charge < -0.3 is 5.11 Å². The maximum Gasteiger partial charge on any atom is 0.340 e. The van der Waals surface area contributed by atoms with Crippen LogP contribution in [0.5, 0.6) is 0 Å². The topological polar surface area (TPSA) is 103 Å². The number of nitrogens with zero attached hydrogens (tertiary/aromatic N) is 2. The lowest BCUT2D eigenvalue weighted by Crippen LogP contribution is -2.32. The van der Waals surface area contributed by atoms with Gasteiger partial charge in [-0.25, -0.2) is 13.2 Å². The third kappa shape index (κ3) is 2.82. The number of aryl methyl sites for hydroxylation is 1. The highest BCUT2D eigenvalue weighted by Gasteiger charge is 2.40. The molecule has 0 spiro atoms. The fraction of sp³-hybridized carbons (Fsp3) is 0.692. The molecule has 1 aliphatic rings. The molecule has 0 amide bonds. The van der Waals surface area contributed by atoms with Gasteiger partial charge in [0, 0.05) is 18.8 Å². The quantitative estimate of drug-likeness (QED) is 0.879. The van der Waals surface area contributed by atoms with Crippen molar-refractivity contribution in [1.29, 1.82) is 0 Å². The Morgan fingerprint density at radius 2 is 2.05 bits per heavy atom. The Morgan fingerprint density at radius 3 is 2.52 bits per heavy atom. The zero-order valence-electron chi connectivity index (χ0n) is 12.7. The van der Waals surface area contributed by atoms with E-state index in [4.69, 9.17) is 0 Å². The molecule has 1 atom stereocenters. The first-order valence-electron chi connectivity index (χ1n) is 6.83. The minimum absolute atomic E-state index is 0.0153. The van der Waals surface area contributed by atoms with Crippen molar-refractivity contribution in [3.8, 4) is 0 Å². The average Bonchev–Trinajstić information content (AvgIpc) is 2.93. The van der Waals surface area contributed by atoms with Gasteiger partial charge >= 0.3 is 5.97 Å².